The lowest BCUT2D eigenvalue weighted by Crippen LogP contribution is -2.17. The molecule has 1 unspecified atom stereocenters. The summed E-state index contributed by atoms with van der Waals surface area (Å²) in [7, 11) is 0. The van der Waals surface area contributed by atoms with Gasteiger partial charge in [0.2, 0.25) is 0 Å². The van der Waals surface area contributed by atoms with Crippen LogP contribution in [0, 0.1) is 0 Å². The van der Waals surface area contributed by atoms with Crippen LogP contribution in [0.2, 0.25) is 0 Å². The molecule has 4 nitrogen and oxygen atoms in total. The maximum atomic E-state index is 12.2. The van der Waals surface area contributed by atoms with Gasteiger partial charge in [0.25, 0.3) is 0 Å². The van der Waals surface area contributed by atoms with Gasteiger partial charge in [-0.1, -0.05) is 78.6 Å². The van der Waals surface area contributed by atoms with Gasteiger partial charge in [0.05, 0.1) is 17.7 Å². The molecule has 0 saturated carbocycles. The molecule has 0 amide bonds. The Morgan fingerprint density at radius 2 is 1.24 bits per heavy atom. The second-order valence-corrected chi connectivity index (χ2v) is 7.77. The first kappa shape index (κ1) is 25.2. The number of rotatable bonds is 16. The molecule has 0 heterocycles. The second kappa shape index (κ2) is 16.0. The summed E-state index contributed by atoms with van der Waals surface area (Å²) in [6, 6.07) is 6.54. The first-order chi connectivity index (χ1) is 14.1. The Balaban J connectivity index is 2.24. The van der Waals surface area contributed by atoms with Crippen LogP contribution in [0.3, 0.4) is 0 Å². The molecule has 29 heavy (non-hydrogen) atoms. The third-order valence-electron chi connectivity index (χ3n) is 5.18. The zero-order valence-corrected chi connectivity index (χ0v) is 18.7. The van der Waals surface area contributed by atoms with E-state index < -0.39 is 0 Å². The highest BCUT2D eigenvalue weighted by atomic mass is 16.5. The van der Waals surface area contributed by atoms with Gasteiger partial charge in [-0.2, -0.15) is 0 Å². The molecule has 4 heteroatoms. The summed E-state index contributed by atoms with van der Waals surface area (Å²) < 4.78 is 10.9. The van der Waals surface area contributed by atoms with Crippen molar-refractivity contribution in [3.05, 3.63) is 35.4 Å². The molecule has 1 atom stereocenters. The van der Waals surface area contributed by atoms with E-state index in [2.05, 4.69) is 13.8 Å². The zero-order chi connectivity index (χ0) is 21.3. The van der Waals surface area contributed by atoms with Gasteiger partial charge in [0.15, 0.2) is 0 Å². The van der Waals surface area contributed by atoms with Crippen LogP contribution in [0.5, 0.6) is 0 Å². The van der Waals surface area contributed by atoms with Gasteiger partial charge < -0.3 is 9.47 Å². The lowest BCUT2D eigenvalue weighted by atomic mass is 10.1. The maximum absolute atomic E-state index is 12.2. The van der Waals surface area contributed by atoms with Gasteiger partial charge in [0.1, 0.15) is 6.10 Å². The summed E-state index contributed by atoms with van der Waals surface area (Å²) in [6.07, 6.45) is 13.7. The van der Waals surface area contributed by atoms with Gasteiger partial charge in [-0.25, -0.2) is 9.59 Å². The van der Waals surface area contributed by atoms with Crippen LogP contribution in [0.15, 0.2) is 24.3 Å². The van der Waals surface area contributed by atoms with Crippen molar-refractivity contribution in [2.75, 3.05) is 6.61 Å². The third kappa shape index (κ3) is 11.1. The van der Waals surface area contributed by atoms with Gasteiger partial charge >= 0.3 is 11.9 Å². The minimum absolute atomic E-state index is 0.0477. The number of unbranched alkanes of at least 4 members (excludes halogenated alkanes) is 8. The van der Waals surface area contributed by atoms with E-state index in [9.17, 15) is 9.59 Å². The van der Waals surface area contributed by atoms with Gasteiger partial charge in [0, 0.05) is 0 Å². The molecule has 0 bridgehead atoms. The van der Waals surface area contributed by atoms with Gasteiger partial charge in [-0.3, -0.25) is 0 Å². The molecule has 1 aromatic carbocycles. The van der Waals surface area contributed by atoms with Crippen molar-refractivity contribution < 1.29 is 19.1 Å². The molecule has 0 aliphatic carbocycles. The van der Waals surface area contributed by atoms with Gasteiger partial charge in [-0.05, 0) is 43.5 Å². The van der Waals surface area contributed by atoms with E-state index in [0.29, 0.717) is 17.7 Å². The smallest absolute Gasteiger partial charge is 0.338 e. The van der Waals surface area contributed by atoms with E-state index in [-0.39, 0.29) is 18.0 Å². The second-order valence-electron chi connectivity index (χ2n) is 7.77. The van der Waals surface area contributed by atoms with Crippen LogP contribution in [-0.4, -0.2) is 24.6 Å². The van der Waals surface area contributed by atoms with Crippen molar-refractivity contribution in [1.29, 1.82) is 0 Å². The molecule has 164 valence electrons. The molecule has 0 aliphatic rings. The van der Waals surface area contributed by atoms with Crippen molar-refractivity contribution in [3.63, 3.8) is 0 Å². The topological polar surface area (TPSA) is 52.6 Å². The lowest BCUT2D eigenvalue weighted by Gasteiger charge is -2.15. The summed E-state index contributed by atoms with van der Waals surface area (Å²) >= 11 is 0. The summed E-state index contributed by atoms with van der Waals surface area (Å²) in [5.41, 5.74) is 0.938. The average Bonchev–Trinajstić information content (AvgIpc) is 2.74. The largest absolute Gasteiger partial charge is 0.462 e. The Morgan fingerprint density at radius 3 is 1.76 bits per heavy atom. The van der Waals surface area contributed by atoms with E-state index >= 15 is 0 Å². The molecule has 0 saturated heterocycles. The van der Waals surface area contributed by atoms with Crippen LogP contribution in [0.25, 0.3) is 0 Å². The number of hydrogen-bond donors (Lipinski definition) is 0. The fourth-order valence-corrected chi connectivity index (χ4v) is 3.29. The van der Waals surface area contributed by atoms with E-state index in [1.807, 2.05) is 6.92 Å². The Hall–Kier alpha value is -1.84. The quantitative estimate of drug-likeness (QED) is 0.218. The lowest BCUT2D eigenvalue weighted by molar-refractivity contribution is 0.0270. The highest BCUT2D eigenvalue weighted by molar-refractivity contribution is 5.93. The minimum Gasteiger partial charge on any atom is -0.462 e. The first-order valence-electron chi connectivity index (χ1n) is 11.6. The van der Waals surface area contributed by atoms with Crippen molar-refractivity contribution in [3.8, 4) is 0 Å². The van der Waals surface area contributed by atoms with Crippen LogP contribution in [0.1, 0.15) is 119 Å². The summed E-state index contributed by atoms with van der Waals surface area (Å²) in [5, 5.41) is 0. The number of ether oxygens (including phenoxy) is 2. The zero-order valence-electron chi connectivity index (χ0n) is 18.7. The maximum Gasteiger partial charge on any atom is 0.338 e. The van der Waals surface area contributed by atoms with Crippen LogP contribution < -0.4 is 0 Å². The van der Waals surface area contributed by atoms with Crippen molar-refractivity contribution >= 4 is 11.9 Å². The fourth-order valence-electron chi connectivity index (χ4n) is 3.29. The predicted molar refractivity (Wildman–Crippen MR) is 118 cm³/mol. The summed E-state index contributed by atoms with van der Waals surface area (Å²) in [4.78, 5) is 24.3. The summed E-state index contributed by atoms with van der Waals surface area (Å²) in [6.45, 7) is 6.78. The molecule has 0 N–H and O–H groups in total. The van der Waals surface area contributed by atoms with E-state index in [1.54, 1.807) is 24.3 Å². The van der Waals surface area contributed by atoms with Crippen molar-refractivity contribution in [2.45, 2.75) is 104 Å². The van der Waals surface area contributed by atoms with Crippen LogP contribution >= 0.6 is 0 Å². The standard InChI is InChI=1S/C25H40O4/c1-4-7-8-9-10-11-12-13-14-20-28-24(26)21-16-18-22(19-17-21)25(27)29-23(6-3)15-5-2/h16-19,23H,4-15,20H2,1-3H3. The highest BCUT2D eigenvalue weighted by Gasteiger charge is 2.15. The Labute approximate surface area is 177 Å². The molecule has 0 fully saturated rings. The number of carbonyl (C=O) groups is 2. The molecule has 0 aromatic heterocycles. The average molecular weight is 405 g/mol. The normalized spacial score (nSPS) is 11.8. The SMILES string of the molecule is CCCCCCCCCCCOC(=O)c1ccc(C(=O)OC(CC)CCC)cc1. The van der Waals surface area contributed by atoms with E-state index in [4.69, 9.17) is 9.47 Å². The summed E-state index contributed by atoms with van der Waals surface area (Å²) in [5.74, 6) is -0.665. The van der Waals surface area contributed by atoms with Gasteiger partial charge in [-0.15, -0.1) is 0 Å². The first-order valence-corrected chi connectivity index (χ1v) is 11.6. The fraction of sp³-hybridized carbons (Fsp3) is 0.680. The molecular formula is C25H40O4. The monoisotopic (exact) mass is 404 g/mol. The third-order valence-corrected chi connectivity index (χ3v) is 5.18. The number of carbonyl (C=O) groups excluding carboxylic acids is 2. The number of esters is 2. The predicted octanol–water partition coefficient (Wildman–Crippen LogP) is 7.11. The van der Waals surface area contributed by atoms with Crippen molar-refractivity contribution in [2.24, 2.45) is 0 Å². The molecule has 0 aliphatic heterocycles. The Bertz CT molecular complexity index is 565. The van der Waals surface area contributed by atoms with E-state index in [0.717, 1.165) is 32.1 Å². The highest BCUT2D eigenvalue weighted by Crippen LogP contribution is 2.13. The molecule has 1 rings (SSSR count). The minimum atomic E-state index is -0.333. The molecule has 0 spiro atoms. The Kier molecular flexibility index (Phi) is 13.9. The molecular weight excluding hydrogens is 364 g/mol. The van der Waals surface area contributed by atoms with E-state index in [1.165, 1.54) is 44.9 Å². The number of hydrogen-bond acceptors (Lipinski definition) is 4. The number of benzene rings is 1. The van der Waals surface area contributed by atoms with Crippen LogP contribution in [0.4, 0.5) is 0 Å². The van der Waals surface area contributed by atoms with Crippen molar-refractivity contribution in [1.82, 2.24) is 0 Å². The molecule has 1 aromatic rings. The molecule has 0 radical (unpaired) electrons. The van der Waals surface area contributed by atoms with Crippen LogP contribution in [-0.2, 0) is 9.47 Å². The Morgan fingerprint density at radius 1 is 0.724 bits per heavy atom.